The number of thiophene rings is 1. The summed E-state index contributed by atoms with van der Waals surface area (Å²) in [5, 5.41) is 2.03. The van der Waals surface area contributed by atoms with Crippen LogP contribution in [-0.4, -0.2) is 50.3 Å². The summed E-state index contributed by atoms with van der Waals surface area (Å²) in [5.74, 6) is 1.83. The smallest absolute Gasteiger partial charge is 0.243 e. The maximum absolute atomic E-state index is 13.9. The number of hydrogen-bond donors (Lipinski definition) is 0. The van der Waals surface area contributed by atoms with Gasteiger partial charge >= 0.3 is 0 Å². The zero-order valence-electron chi connectivity index (χ0n) is 23.4. The number of fused-ring (bicyclic) bond motifs is 1. The van der Waals surface area contributed by atoms with Crippen LogP contribution in [0.15, 0.2) is 87.7 Å². The summed E-state index contributed by atoms with van der Waals surface area (Å²) in [6.45, 7) is 4.61. The first-order chi connectivity index (χ1) is 19.8. The molecule has 2 aromatic heterocycles. The van der Waals surface area contributed by atoms with Crippen molar-refractivity contribution < 1.29 is 27.1 Å². The Labute approximate surface area is 245 Å². The van der Waals surface area contributed by atoms with Gasteiger partial charge in [0.1, 0.15) is 23.9 Å². The lowest BCUT2D eigenvalue weighted by atomic mass is 10.0. The van der Waals surface area contributed by atoms with Crippen LogP contribution in [0.25, 0.3) is 0 Å². The number of benzene rings is 2. The van der Waals surface area contributed by atoms with E-state index in [-0.39, 0.29) is 36.5 Å². The van der Waals surface area contributed by atoms with Crippen LogP contribution in [0.1, 0.15) is 47.6 Å². The molecular weight excluding hydrogens is 560 g/mol. The summed E-state index contributed by atoms with van der Waals surface area (Å²) in [6.07, 6.45) is 2.20. The molecule has 10 heteroatoms. The quantitative estimate of drug-likeness (QED) is 0.216. The van der Waals surface area contributed by atoms with E-state index in [4.69, 9.17) is 13.9 Å². The van der Waals surface area contributed by atoms with Crippen molar-refractivity contribution in [2.24, 2.45) is 0 Å². The van der Waals surface area contributed by atoms with E-state index in [0.717, 1.165) is 11.3 Å². The van der Waals surface area contributed by atoms with E-state index in [1.165, 1.54) is 40.3 Å². The third-order valence-corrected chi connectivity index (χ3v) is 10.1. The number of methoxy groups -OCH3 is 1. The van der Waals surface area contributed by atoms with Gasteiger partial charge in [-0.05, 0) is 83.4 Å². The average molecular weight is 595 g/mol. The molecule has 0 unspecified atom stereocenters. The molecule has 0 N–H and O–H groups in total. The first-order valence-corrected chi connectivity index (χ1v) is 15.8. The van der Waals surface area contributed by atoms with Crippen molar-refractivity contribution in [1.29, 1.82) is 0 Å². The van der Waals surface area contributed by atoms with Crippen LogP contribution in [0, 0.1) is 0 Å². The van der Waals surface area contributed by atoms with Crippen LogP contribution in [0.2, 0.25) is 0 Å². The number of hydrogen-bond acceptors (Lipinski definition) is 7. The van der Waals surface area contributed by atoms with E-state index >= 15 is 0 Å². The largest absolute Gasteiger partial charge is 0.497 e. The van der Waals surface area contributed by atoms with Gasteiger partial charge in [-0.25, -0.2) is 8.42 Å². The highest BCUT2D eigenvalue weighted by atomic mass is 32.2. The van der Waals surface area contributed by atoms with E-state index < -0.39 is 10.0 Å². The number of sulfonamides is 1. The number of ether oxygens (including phenoxy) is 2. The normalized spacial score (nSPS) is 15.2. The second-order valence-corrected chi connectivity index (χ2v) is 13.2. The number of carbonyl (C=O) groups is 1. The van der Waals surface area contributed by atoms with Gasteiger partial charge in [0, 0.05) is 11.4 Å². The van der Waals surface area contributed by atoms with E-state index in [1.807, 2.05) is 23.6 Å². The number of furan rings is 1. The number of rotatable bonds is 11. The summed E-state index contributed by atoms with van der Waals surface area (Å²) in [5.41, 5.74) is 2.27. The molecule has 0 radical (unpaired) electrons. The van der Waals surface area contributed by atoms with E-state index in [0.29, 0.717) is 30.4 Å². The van der Waals surface area contributed by atoms with Gasteiger partial charge in [0.2, 0.25) is 15.9 Å². The van der Waals surface area contributed by atoms with E-state index in [9.17, 15) is 13.2 Å². The SMILES string of the molecule is COc1ccc(S(=O)(=O)N(CC(=O)N2CCc3sccc3[C@@H]2COc2ccc(C(C)C)cc2)Cc2ccco2)cc1. The minimum absolute atomic E-state index is 0.0705. The second kappa shape index (κ2) is 12.5. The highest BCUT2D eigenvalue weighted by molar-refractivity contribution is 7.89. The lowest BCUT2D eigenvalue weighted by molar-refractivity contribution is -0.135. The van der Waals surface area contributed by atoms with Crippen molar-refractivity contribution in [3.8, 4) is 11.5 Å². The van der Waals surface area contributed by atoms with Crippen LogP contribution >= 0.6 is 11.3 Å². The third-order valence-electron chi connectivity index (χ3n) is 7.29. The first-order valence-electron chi connectivity index (χ1n) is 13.5. The fourth-order valence-corrected chi connectivity index (χ4v) is 7.22. The Morgan fingerprint density at radius 2 is 1.80 bits per heavy atom. The minimum atomic E-state index is -4.03. The van der Waals surface area contributed by atoms with Crippen molar-refractivity contribution in [2.75, 3.05) is 26.8 Å². The molecule has 216 valence electrons. The highest BCUT2D eigenvalue weighted by Crippen LogP contribution is 2.34. The lowest BCUT2D eigenvalue weighted by Gasteiger charge is -2.37. The van der Waals surface area contributed by atoms with Crippen molar-refractivity contribution >= 4 is 27.3 Å². The predicted octanol–water partition coefficient (Wildman–Crippen LogP) is 5.87. The Kier molecular flexibility index (Phi) is 8.82. The van der Waals surface area contributed by atoms with Crippen LogP contribution in [-0.2, 0) is 27.8 Å². The molecule has 5 rings (SSSR count). The van der Waals surface area contributed by atoms with Gasteiger partial charge in [0.05, 0.1) is 37.4 Å². The summed E-state index contributed by atoms with van der Waals surface area (Å²) in [4.78, 5) is 16.9. The number of amides is 1. The second-order valence-electron chi connectivity index (χ2n) is 10.2. The van der Waals surface area contributed by atoms with Crippen LogP contribution in [0.3, 0.4) is 0 Å². The Bertz CT molecular complexity index is 1540. The minimum Gasteiger partial charge on any atom is -0.497 e. The van der Waals surface area contributed by atoms with E-state index in [1.54, 1.807) is 40.5 Å². The molecule has 0 spiro atoms. The van der Waals surface area contributed by atoms with E-state index in [2.05, 4.69) is 26.0 Å². The standard InChI is InChI=1S/C31H34N2O6S2/c1-22(2)23-6-8-25(9-7-23)39-21-29-28-15-18-40-30(28)14-16-33(29)31(34)20-32(19-26-5-4-17-38-26)41(35,36)27-12-10-24(37-3)11-13-27/h4-13,15,17-18,22,29H,14,16,19-21H2,1-3H3/t29-/m0/s1. The molecule has 3 heterocycles. The molecule has 0 aliphatic carbocycles. The molecule has 0 fully saturated rings. The average Bonchev–Trinajstić information content (AvgIpc) is 3.68. The van der Waals surface area contributed by atoms with Crippen molar-refractivity contribution in [2.45, 2.75) is 43.7 Å². The fourth-order valence-electron chi connectivity index (χ4n) is 4.94. The maximum atomic E-state index is 13.9. The summed E-state index contributed by atoms with van der Waals surface area (Å²) >= 11 is 1.67. The third kappa shape index (κ3) is 6.50. The predicted molar refractivity (Wildman–Crippen MR) is 158 cm³/mol. The Morgan fingerprint density at radius 1 is 1.07 bits per heavy atom. The molecule has 0 saturated heterocycles. The molecule has 2 aromatic carbocycles. The molecule has 1 aliphatic heterocycles. The van der Waals surface area contributed by atoms with Crippen LogP contribution in [0.4, 0.5) is 0 Å². The number of carbonyl (C=O) groups excluding carboxylic acids is 1. The highest BCUT2D eigenvalue weighted by Gasteiger charge is 2.35. The summed E-state index contributed by atoms with van der Waals surface area (Å²) in [7, 11) is -2.51. The van der Waals surface area contributed by atoms with Crippen LogP contribution < -0.4 is 9.47 Å². The zero-order chi connectivity index (χ0) is 29.0. The molecule has 0 bridgehead atoms. The Morgan fingerprint density at radius 3 is 2.46 bits per heavy atom. The van der Waals surface area contributed by atoms with Gasteiger partial charge in [-0.3, -0.25) is 4.79 Å². The Balaban J connectivity index is 1.38. The van der Waals surface area contributed by atoms with Gasteiger partial charge in [0.25, 0.3) is 0 Å². The van der Waals surface area contributed by atoms with Gasteiger partial charge in [-0.1, -0.05) is 26.0 Å². The van der Waals surface area contributed by atoms with Gasteiger partial charge in [-0.15, -0.1) is 11.3 Å². The Hall–Kier alpha value is -3.60. The molecular formula is C31H34N2O6S2. The molecule has 1 amide bonds. The van der Waals surface area contributed by atoms with Crippen molar-refractivity contribution in [3.05, 3.63) is 100 Å². The molecule has 0 saturated carbocycles. The summed E-state index contributed by atoms with van der Waals surface area (Å²) < 4.78 is 45.5. The van der Waals surface area contributed by atoms with Crippen molar-refractivity contribution in [1.82, 2.24) is 9.21 Å². The maximum Gasteiger partial charge on any atom is 0.243 e. The van der Waals surface area contributed by atoms with Crippen LogP contribution in [0.5, 0.6) is 11.5 Å². The number of nitrogens with zero attached hydrogens (tertiary/aromatic N) is 2. The molecule has 1 atom stereocenters. The molecule has 41 heavy (non-hydrogen) atoms. The van der Waals surface area contributed by atoms with Gasteiger partial charge in [0.15, 0.2) is 0 Å². The lowest BCUT2D eigenvalue weighted by Crippen LogP contribution is -2.47. The first kappa shape index (κ1) is 28.9. The fraction of sp³-hybridized carbons (Fsp3) is 0.323. The zero-order valence-corrected chi connectivity index (χ0v) is 25.0. The molecule has 1 aliphatic rings. The van der Waals surface area contributed by atoms with Crippen molar-refractivity contribution in [3.63, 3.8) is 0 Å². The summed E-state index contributed by atoms with van der Waals surface area (Å²) in [6, 6.07) is 19.2. The van der Waals surface area contributed by atoms with Gasteiger partial charge in [-0.2, -0.15) is 4.31 Å². The van der Waals surface area contributed by atoms with Gasteiger partial charge < -0.3 is 18.8 Å². The monoisotopic (exact) mass is 594 g/mol. The molecule has 4 aromatic rings. The topological polar surface area (TPSA) is 89.3 Å². The molecule has 8 nitrogen and oxygen atoms in total.